The van der Waals surface area contributed by atoms with Gasteiger partial charge in [0.05, 0.1) is 35.9 Å². The van der Waals surface area contributed by atoms with Crippen molar-refractivity contribution in [2.24, 2.45) is 0 Å². The molecule has 2 atom stereocenters. The number of benzene rings is 2. The van der Waals surface area contributed by atoms with Gasteiger partial charge in [-0.2, -0.15) is 23.4 Å². The molecule has 1 aliphatic rings. The molecule has 0 radical (unpaired) electrons. The molecule has 36 heavy (non-hydrogen) atoms. The standard InChI is InChI=1S/C26H25F3N6O/c1-16-23(17(2)34(33-16)15-18-9-5-3-6-10-18)32-25(36)20-14-30-35-22(26(27,28)29)13-21(31-24(20)35)19-11-7-4-8-12-19/h3-12,14,21-22,31H,13,15H2,1-2H3,(H,32,36)/t21-,22-/m1/s1. The van der Waals surface area contributed by atoms with Gasteiger partial charge in [0, 0.05) is 6.42 Å². The van der Waals surface area contributed by atoms with E-state index in [4.69, 9.17) is 0 Å². The van der Waals surface area contributed by atoms with E-state index < -0.39 is 24.2 Å². The number of aryl methyl sites for hydroxylation is 1. The van der Waals surface area contributed by atoms with E-state index >= 15 is 0 Å². The third-order valence-corrected chi connectivity index (χ3v) is 6.48. The Morgan fingerprint density at radius 2 is 1.75 bits per heavy atom. The smallest absolute Gasteiger partial charge is 0.363 e. The van der Waals surface area contributed by atoms with E-state index in [9.17, 15) is 18.0 Å². The highest BCUT2D eigenvalue weighted by atomic mass is 19.4. The maximum atomic E-state index is 14.0. The Bertz CT molecular complexity index is 1380. The molecule has 2 aromatic carbocycles. The van der Waals surface area contributed by atoms with Crippen LogP contribution in [0.5, 0.6) is 0 Å². The summed E-state index contributed by atoms with van der Waals surface area (Å²) in [6.07, 6.45) is -3.56. The van der Waals surface area contributed by atoms with Crippen molar-refractivity contribution in [3.63, 3.8) is 0 Å². The Balaban J connectivity index is 1.44. The monoisotopic (exact) mass is 494 g/mol. The zero-order chi connectivity index (χ0) is 25.4. The predicted octanol–water partition coefficient (Wildman–Crippen LogP) is 5.66. The molecule has 0 spiro atoms. The molecule has 5 rings (SSSR count). The van der Waals surface area contributed by atoms with E-state index in [1.807, 2.05) is 37.3 Å². The molecular formula is C26H25F3N6O. The van der Waals surface area contributed by atoms with Crippen LogP contribution in [0, 0.1) is 13.8 Å². The first-order valence-corrected chi connectivity index (χ1v) is 11.6. The van der Waals surface area contributed by atoms with Crippen LogP contribution in [0.2, 0.25) is 0 Å². The van der Waals surface area contributed by atoms with Crippen LogP contribution >= 0.6 is 0 Å². The zero-order valence-electron chi connectivity index (χ0n) is 19.8. The molecule has 0 aliphatic carbocycles. The number of amides is 1. The fraction of sp³-hybridized carbons (Fsp3) is 0.269. The van der Waals surface area contributed by atoms with E-state index in [2.05, 4.69) is 20.8 Å². The number of alkyl halides is 3. The van der Waals surface area contributed by atoms with Crippen LogP contribution in [-0.4, -0.2) is 31.6 Å². The largest absolute Gasteiger partial charge is 0.410 e. The van der Waals surface area contributed by atoms with Crippen molar-refractivity contribution < 1.29 is 18.0 Å². The molecule has 1 amide bonds. The summed E-state index contributed by atoms with van der Waals surface area (Å²) in [7, 11) is 0. The van der Waals surface area contributed by atoms with Crippen molar-refractivity contribution in [1.29, 1.82) is 0 Å². The van der Waals surface area contributed by atoms with Crippen molar-refractivity contribution >= 4 is 17.4 Å². The third kappa shape index (κ3) is 4.46. The summed E-state index contributed by atoms with van der Waals surface area (Å²) in [5.74, 6) is -0.509. The number of halogens is 3. The lowest BCUT2D eigenvalue weighted by Crippen LogP contribution is -2.36. The number of hydrogen-bond acceptors (Lipinski definition) is 4. The highest BCUT2D eigenvalue weighted by Gasteiger charge is 2.47. The van der Waals surface area contributed by atoms with Crippen molar-refractivity contribution in [1.82, 2.24) is 19.6 Å². The average molecular weight is 495 g/mol. The summed E-state index contributed by atoms with van der Waals surface area (Å²) in [6, 6.07) is 16.2. The number of aromatic nitrogens is 4. The minimum Gasteiger partial charge on any atom is -0.363 e. The third-order valence-electron chi connectivity index (χ3n) is 6.48. The number of fused-ring (bicyclic) bond motifs is 1. The van der Waals surface area contributed by atoms with Gasteiger partial charge in [0.25, 0.3) is 5.91 Å². The molecule has 2 N–H and O–H groups in total. The van der Waals surface area contributed by atoms with Crippen LogP contribution in [-0.2, 0) is 6.54 Å². The lowest BCUT2D eigenvalue weighted by Gasteiger charge is -2.34. The van der Waals surface area contributed by atoms with Crippen LogP contribution in [0.4, 0.5) is 24.7 Å². The first-order valence-electron chi connectivity index (χ1n) is 11.6. The average Bonchev–Trinajstić information content (AvgIpc) is 3.40. The SMILES string of the molecule is Cc1nn(Cc2ccccc2)c(C)c1NC(=O)c1cnn2c1N[C@@H](c1ccccc1)C[C@@H]2C(F)(F)F. The normalized spacial score (nSPS) is 17.4. The van der Waals surface area contributed by atoms with E-state index in [0.29, 0.717) is 23.5 Å². The molecule has 10 heteroatoms. The lowest BCUT2D eigenvalue weighted by atomic mass is 9.96. The fourth-order valence-corrected chi connectivity index (χ4v) is 4.60. The molecule has 7 nitrogen and oxygen atoms in total. The number of carbonyl (C=O) groups excluding carboxylic acids is 1. The topological polar surface area (TPSA) is 76.8 Å². The number of rotatable bonds is 5. The van der Waals surface area contributed by atoms with Gasteiger partial charge in [0.1, 0.15) is 11.4 Å². The molecule has 0 saturated heterocycles. The van der Waals surface area contributed by atoms with Crippen molar-refractivity contribution in [3.8, 4) is 0 Å². The summed E-state index contributed by atoms with van der Waals surface area (Å²) in [4.78, 5) is 13.3. The first-order chi connectivity index (χ1) is 17.2. The molecular weight excluding hydrogens is 469 g/mol. The van der Waals surface area contributed by atoms with Gasteiger partial charge in [-0.25, -0.2) is 4.68 Å². The van der Waals surface area contributed by atoms with Gasteiger partial charge in [0.2, 0.25) is 0 Å². The summed E-state index contributed by atoms with van der Waals surface area (Å²) in [5, 5.41) is 14.5. The van der Waals surface area contributed by atoms with Crippen molar-refractivity contribution in [2.75, 3.05) is 10.6 Å². The summed E-state index contributed by atoms with van der Waals surface area (Å²) in [6.45, 7) is 4.15. The van der Waals surface area contributed by atoms with Crippen LogP contribution in [0.1, 0.15) is 51.4 Å². The number of nitrogens with zero attached hydrogens (tertiary/aromatic N) is 4. The van der Waals surface area contributed by atoms with Gasteiger partial charge >= 0.3 is 6.18 Å². The van der Waals surface area contributed by atoms with Gasteiger partial charge in [0.15, 0.2) is 6.04 Å². The second-order valence-corrected chi connectivity index (χ2v) is 8.90. The molecule has 186 valence electrons. The highest BCUT2D eigenvalue weighted by molar-refractivity contribution is 6.08. The predicted molar refractivity (Wildman–Crippen MR) is 130 cm³/mol. The van der Waals surface area contributed by atoms with E-state index in [-0.39, 0.29) is 17.8 Å². The minimum absolute atomic E-state index is 0.0412. The van der Waals surface area contributed by atoms with E-state index in [1.54, 1.807) is 41.9 Å². The number of hydrogen-bond donors (Lipinski definition) is 2. The van der Waals surface area contributed by atoms with Crippen LogP contribution < -0.4 is 10.6 Å². The molecule has 0 bridgehead atoms. The molecule has 0 saturated carbocycles. The van der Waals surface area contributed by atoms with Gasteiger partial charge in [-0.05, 0) is 25.0 Å². The van der Waals surface area contributed by atoms with Crippen molar-refractivity contribution in [2.45, 2.75) is 45.1 Å². The van der Waals surface area contributed by atoms with Gasteiger partial charge in [-0.15, -0.1) is 0 Å². The molecule has 4 aromatic rings. The molecule has 1 aliphatic heterocycles. The van der Waals surface area contributed by atoms with Crippen LogP contribution in [0.3, 0.4) is 0 Å². The Labute approximate surface area is 205 Å². The summed E-state index contributed by atoms with van der Waals surface area (Å²) >= 11 is 0. The van der Waals surface area contributed by atoms with E-state index in [1.165, 1.54) is 6.20 Å². The maximum absolute atomic E-state index is 14.0. The minimum atomic E-state index is -4.52. The Hall–Kier alpha value is -4.08. The van der Waals surface area contributed by atoms with Gasteiger partial charge in [-0.3, -0.25) is 9.48 Å². The Morgan fingerprint density at radius 1 is 1.08 bits per heavy atom. The van der Waals surface area contributed by atoms with Crippen LogP contribution in [0.15, 0.2) is 66.9 Å². The summed E-state index contributed by atoms with van der Waals surface area (Å²) in [5.41, 5.74) is 3.69. The van der Waals surface area contributed by atoms with E-state index in [0.717, 1.165) is 15.9 Å². The number of nitrogens with one attached hydrogen (secondary N) is 2. The second kappa shape index (κ2) is 9.18. The Kier molecular flexibility index (Phi) is 6.03. The highest BCUT2D eigenvalue weighted by Crippen LogP contribution is 2.44. The Morgan fingerprint density at radius 3 is 2.42 bits per heavy atom. The molecule has 2 aromatic heterocycles. The lowest BCUT2D eigenvalue weighted by molar-refractivity contribution is -0.173. The summed E-state index contributed by atoms with van der Waals surface area (Å²) < 4.78 is 44.5. The fourth-order valence-electron chi connectivity index (χ4n) is 4.60. The number of anilines is 2. The quantitative estimate of drug-likeness (QED) is 0.376. The molecule has 3 heterocycles. The van der Waals surface area contributed by atoms with Crippen LogP contribution in [0.25, 0.3) is 0 Å². The van der Waals surface area contributed by atoms with Gasteiger partial charge < -0.3 is 10.6 Å². The molecule has 0 fully saturated rings. The van der Waals surface area contributed by atoms with Gasteiger partial charge in [-0.1, -0.05) is 60.7 Å². The zero-order valence-corrected chi connectivity index (χ0v) is 19.8. The number of carbonyl (C=O) groups is 1. The first kappa shape index (κ1) is 23.7. The second-order valence-electron chi connectivity index (χ2n) is 8.90. The maximum Gasteiger partial charge on any atom is 0.410 e. The van der Waals surface area contributed by atoms with Crippen molar-refractivity contribution in [3.05, 3.63) is 94.9 Å². The molecule has 0 unspecified atom stereocenters.